The van der Waals surface area contributed by atoms with Crippen molar-refractivity contribution in [1.29, 1.82) is 0 Å². The lowest BCUT2D eigenvalue weighted by molar-refractivity contribution is -0.138. The van der Waals surface area contributed by atoms with E-state index in [1.807, 2.05) is 30.3 Å². The number of hydrogen-bond donors (Lipinski definition) is 3. The summed E-state index contributed by atoms with van der Waals surface area (Å²) in [7, 11) is 0. The maximum Gasteiger partial charge on any atom is 0.321 e. The Hall–Kier alpha value is -1.72. The molecule has 0 amide bonds. The lowest BCUT2D eigenvalue weighted by atomic mass is 10.0. The Labute approximate surface area is 114 Å². The quantitative estimate of drug-likeness (QED) is 0.785. The summed E-state index contributed by atoms with van der Waals surface area (Å²) >= 11 is 1.51. The minimum Gasteiger partial charge on any atom is -0.508 e. The lowest BCUT2D eigenvalue weighted by Crippen LogP contribution is -2.33. The third kappa shape index (κ3) is 2.15. The van der Waals surface area contributed by atoms with E-state index in [2.05, 4.69) is 5.32 Å². The predicted octanol–water partition coefficient (Wildman–Crippen LogP) is 2.33. The van der Waals surface area contributed by atoms with Gasteiger partial charge in [-0.15, -0.1) is 11.8 Å². The minimum absolute atomic E-state index is 0.188. The van der Waals surface area contributed by atoms with Gasteiger partial charge in [-0.25, -0.2) is 0 Å². The number of phenols is 1. The molecule has 3 rings (SSSR count). The van der Waals surface area contributed by atoms with Crippen LogP contribution < -0.4 is 5.32 Å². The van der Waals surface area contributed by atoms with Crippen LogP contribution in [-0.4, -0.2) is 28.0 Å². The van der Waals surface area contributed by atoms with Crippen molar-refractivity contribution in [1.82, 2.24) is 5.32 Å². The molecule has 2 atom stereocenters. The molecule has 2 aromatic carbocycles. The number of aliphatic carboxylic acids is 1. The molecule has 0 radical (unpaired) electrons. The summed E-state index contributed by atoms with van der Waals surface area (Å²) in [6.45, 7) is 0. The molecule has 0 bridgehead atoms. The van der Waals surface area contributed by atoms with Crippen LogP contribution in [0.25, 0.3) is 10.8 Å². The Morgan fingerprint density at radius 1 is 1.26 bits per heavy atom. The zero-order valence-electron chi connectivity index (χ0n) is 10.0. The average molecular weight is 275 g/mol. The number of aromatic hydroxyl groups is 1. The van der Waals surface area contributed by atoms with E-state index in [9.17, 15) is 9.90 Å². The Balaban J connectivity index is 2.05. The number of nitrogens with one attached hydrogen (secondary N) is 1. The van der Waals surface area contributed by atoms with Crippen molar-refractivity contribution in [2.75, 3.05) is 5.75 Å². The van der Waals surface area contributed by atoms with Gasteiger partial charge in [0.15, 0.2) is 0 Å². The Morgan fingerprint density at radius 2 is 2.05 bits per heavy atom. The third-order valence-electron chi connectivity index (χ3n) is 3.29. The van der Waals surface area contributed by atoms with E-state index < -0.39 is 12.0 Å². The Kier molecular flexibility index (Phi) is 3.08. The number of rotatable bonds is 2. The fourth-order valence-corrected chi connectivity index (χ4v) is 3.64. The Morgan fingerprint density at radius 3 is 2.79 bits per heavy atom. The maximum absolute atomic E-state index is 11.0. The second kappa shape index (κ2) is 4.75. The molecule has 98 valence electrons. The second-order valence-electron chi connectivity index (χ2n) is 4.49. The average Bonchev–Trinajstić information content (AvgIpc) is 2.88. The SMILES string of the molecule is O=C(O)[C@@H]1CS[C@H](c2c(O)ccc3ccccc23)N1. The smallest absolute Gasteiger partial charge is 0.321 e. The maximum atomic E-state index is 11.0. The summed E-state index contributed by atoms with van der Waals surface area (Å²) in [5, 5.41) is 24.0. The summed E-state index contributed by atoms with van der Waals surface area (Å²) in [5.41, 5.74) is 0.770. The van der Waals surface area contributed by atoms with E-state index in [1.54, 1.807) is 6.07 Å². The number of carboxylic acid groups (broad SMARTS) is 1. The van der Waals surface area contributed by atoms with Gasteiger partial charge in [-0.1, -0.05) is 30.3 Å². The van der Waals surface area contributed by atoms with Crippen molar-refractivity contribution in [3.05, 3.63) is 42.0 Å². The van der Waals surface area contributed by atoms with Crippen molar-refractivity contribution in [2.24, 2.45) is 0 Å². The first kappa shape index (κ1) is 12.3. The van der Waals surface area contributed by atoms with Crippen LogP contribution in [-0.2, 0) is 4.79 Å². The van der Waals surface area contributed by atoms with Gasteiger partial charge in [0.25, 0.3) is 0 Å². The lowest BCUT2D eigenvalue weighted by Gasteiger charge is -2.15. The van der Waals surface area contributed by atoms with Crippen LogP contribution in [0.3, 0.4) is 0 Å². The largest absolute Gasteiger partial charge is 0.508 e. The first-order valence-corrected chi connectivity index (χ1v) is 7.03. The van der Waals surface area contributed by atoms with Gasteiger partial charge in [0.1, 0.15) is 11.8 Å². The summed E-state index contributed by atoms with van der Waals surface area (Å²) < 4.78 is 0. The number of thioether (sulfide) groups is 1. The molecule has 0 saturated carbocycles. The fourth-order valence-electron chi connectivity index (χ4n) is 2.34. The van der Waals surface area contributed by atoms with Crippen LogP contribution in [0.4, 0.5) is 0 Å². The van der Waals surface area contributed by atoms with E-state index in [0.717, 1.165) is 16.3 Å². The number of carbonyl (C=O) groups is 1. The van der Waals surface area contributed by atoms with Gasteiger partial charge in [0.05, 0.1) is 5.37 Å². The van der Waals surface area contributed by atoms with E-state index >= 15 is 0 Å². The number of benzene rings is 2. The van der Waals surface area contributed by atoms with Crippen molar-refractivity contribution in [2.45, 2.75) is 11.4 Å². The van der Waals surface area contributed by atoms with Crippen molar-refractivity contribution < 1.29 is 15.0 Å². The molecule has 1 aliphatic heterocycles. The monoisotopic (exact) mass is 275 g/mol. The fraction of sp³-hybridized carbons (Fsp3) is 0.214. The molecule has 5 heteroatoms. The molecule has 0 aromatic heterocycles. The van der Waals surface area contributed by atoms with Gasteiger partial charge in [0.2, 0.25) is 0 Å². The molecule has 1 fully saturated rings. The summed E-state index contributed by atoms with van der Waals surface area (Å²) in [5.74, 6) is -0.146. The number of hydrogen-bond acceptors (Lipinski definition) is 4. The summed E-state index contributed by atoms with van der Waals surface area (Å²) in [6.07, 6.45) is 0. The van der Waals surface area contributed by atoms with Gasteiger partial charge in [0, 0.05) is 11.3 Å². The number of fused-ring (bicyclic) bond motifs is 1. The Bertz CT molecular complexity index is 644. The van der Waals surface area contributed by atoms with Gasteiger partial charge >= 0.3 is 5.97 Å². The topological polar surface area (TPSA) is 69.6 Å². The molecule has 19 heavy (non-hydrogen) atoms. The molecular formula is C14H13NO3S. The normalized spacial score (nSPS) is 22.7. The van der Waals surface area contributed by atoms with Crippen LogP contribution in [0.15, 0.2) is 36.4 Å². The molecule has 3 N–H and O–H groups in total. The third-order valence-corrected chi connectivity index (χ3v) is 4.52. The van der Waals surface area contributed by atoms with Crippen LogP contribution in [0.1, 0.15) is 10.9 Å². The van der Waals surface area contributed by atoms with E-state index in [1.165, 1.54) is 11.8 Å². The molecule has 2 aromatic rings. The molecule has 4 nitrogen and oxygen atoms in total. The standard InChI is InChI=1S/C14H13NO3S/c16-11-6-5-8-3-1-2-4-9(8)12(11)13-15-10(7-19-13)14(17)18/h1-6,10,13,15-16H,7H2,(H,17,18)/t10-,13+/m0/s1. The van der Waals surface area contributed by atoms with Crippen molar-refractivity contribution in [3.63, 3.8) is 0 Å². The molecule has 1 saturated heterocycles. The van der Waals surface area contributed by atoms with Gasteiger partial charge in [-0.2, -0.15) is 0 Å². The highest BCUT2D eigenvalue weighted by atomic mass is 32.2. The molecule has 0 spiro atoms. The first-order chi connectivity index (χ1) is 9.16. The number of phenolic OH excluding ortho intramolecular Hbond substituents is 1. The van der Waals surface area contributed by atoms with E-state index in [4.69, 9.17) is 5.11 Å². The summed E-state index contributed by atoms with van der Waals surface area (Å²) in [6, 6.07) is 10.7. The van der Waals surface area contributed by atoms with Crippen LogP contribution in [0.2, 0.25) is 0 Å². The van der Waals surface area contributed by atoms with Gasteiger partial charge in [-0.05, 0) is 16.8 Å². The van der Waals surface area contributed by atoms with Crippen molar-refractivity contribution in [3.8, 4) is 5.75 Å². The van der Waals surface area contributed by atoms with Crippen molar-refractivity contribution >= 4 is 28.5 Å². The van der Waals surface area contributed by atoms with E-state index in [-0.39, 0.29) is 11.1 Å². The zero-order chi connectivity index (χ0) is 13.4. The highest BCUT2D eigenvalue weighted by molar-refractivity contribution is 7.99. The molecular weight excluding hydrogens is 262 g/mol. The number of carboxylic acids is 1. The zero-order valence-corrected chi connectivity index (χ0v) is 10.9. The predicted molar refractivity (Wildman–Crippen MR) is 75.4 cm³/mol. The highest BCUT2D eigenvalue weighted by Gasteiger charge is 2.32. The second-order valence-corrected chi connectivity index (χ2v) is 5.63. The van der Waals surface area contributed by atoms with Crippen LogP contribution >= 0.6 is 11.8 Å². The first-order valence-electron chi connectivity index (χ1n) is 5.98. The van der Waals surface area contributed by atoms with Crippen LogP contribution in [0.5, 0.6) is 5.75 Å². The van der Waals surface area contributed by atoms with E-state index in [0.29, 0.717) is 5.75 Å². The molecule has 0 unspecified atom stereocenters. The highest BCUT2D eigenvalue weighted by Crippen LogP contribution is 2.41. The molecule has 0 aliphatic carbocycles. The molecule has 1 heterocycles. The summed E-state index contributed by atoms with van der Waals surface area (Å²) in [4.78, 5) is 11.0. The molecule has 1 aliphatic rings. The van der Waals surface area contributed by atoms with Gasteiger partial charge < -0.3 is 10.2 Å². The minimum atomic E-state index is -0.852. The van der Waals surface area contributed by atoms with Gasteiger partial charge in [-0.3, -0.25) is 10.1 Å². The van der Waals surface area contributed by atoms with Crippen LogP contribution in [0, 0.1) is 0 Å².